The second kappa shape index (κ2) is 5.73. The maximum Gasteiger partial charge on any atom is 0.0432 e. The van der Waals surface area contributed by atoms with Crippen molar-refractivity contribution in [3.63, 3.8) is 0 Å². The van der Waals surface area contributed by atoms with Crippen LogP contribution in [0.25, 0.3) is 10.8 Å². The molecule has 3 rings (SSSR count). The molecule has 4 heteroatoms. The van der Waals surface area contributed by atoms with Crippen LogP contribution in [0.15, 0.2) is 36.7 Å². The van der Waals surface area contributed by atoms with E-state index in [-0.39, 0.29) is 6.04 Å². The topological polar surface area (TPSA) is 38.9 Å². The Morgan fingerprint density at radius 1 is 1.26 bits per heavy atom. The van der Waals surface area contributed by atoms with Gasteiger partial charge in [-0.1, -0.05) is 25.1 Å². The van der Waals surface area contributed by atoms with E-state index in [0.29, 0.717) is 10.5 Å². The quantitative estimate of drug-likeness (QED) is 0.919. The molecule has 0 amide bonds. The van der Waals surface area contributed by atoms with Crippen LogP contribution in [-0.4, -0.2) is 27.0 Å². The number of thioether (sulfide) groups is 2. The maximum atomic E-state index is 6.57. The van der Waals surface area contributed by atoms with Crippen molar-refractivity contribution in [2.45, 2.75) is 23.5 Å². The Bertz CT molecular complexity index is 568. The van der Waals surface area contributed by atoms with Gasteiger partial charge in [-0.2, -0.15) is 23.5 Å². The first-order chi connectivity index (χ1) is 9.27. The van der Waals surface area contributed by atoms with Crippen molar-refractivity contribution in [3.05, 3.63) is 42.2 Å². The molecule has 0 saturated carbocycles. The van der Waals surface area contributed by atoms with E-state index in [0.717, 1.165) is 0 Å². The Hall–Kier alpha value is -0.710. The van der Waals surface area contributed by atoms with E-state index in [1.165, 1.54) is 27.8 Å². The maximum absolute atomic E-state index is 6.57. The van der Waals surface area contributed by atoms with E-state index in [1.54, 1.807) is 0 Å². The number of nitrogens with two attached hydrogens (primary N) is 1. The molecule has 2 aromatic rings. The molecule has 3 atom stereocenters. The summed E-state index contributed by atoms with van der Waals surface area (Å²) >= 11 is 4.06. The molecule has 2 nitrogen and oxygen atoms in total. The number of nitrogens with zero attached hydrogens (tertiary/aromatic N) is 1. The highest BCUT2D eigenvalue weighted by Crippen LogP contribution is 2.38. The van der Waals surface area contributed by atoms with E-state index in [9.17, 15) is 0 Å². The van der Waals surface area contributed by atoms with E-state index in [1.807, 2.05) is 35.9 Å². The summed E-state index contributed by atoms with van der Waals surface area (Å²) in [6, 6.07) is 8.53. The minimum Gasteiger partial charge on any atom is -0.323 e. The van der Waals surface area contributed by atoms with E-state index in [2.05, 4.69) is 36.2 Å². The van der Waals surface area contributed by atoms with Gasteiger partial charge in [-0.15, -0.1) is 0 Å². The molecule has 0 aliphatic carbocycles. The highest BCUT2D eigenvalue weighted by atomic mass is 32.2. The molecule has 1 aromatic heterocycles. The van der Waals surface area contributed by atoms with Crippen molar-refractivity contribution in [1.82, 2.24) is 4.98 Å². The molecule has 0 radical (unpaired) electrons. The van der Waals surface area contributed by atoms with Crippen LogP contribution in [0.3, 0.4) is 0 Å². The molecule has 19 heavy (non-hydrogen) atoms. The molecule has 0 bridgehead atoms. The van der Waals surface area contributed by atoms with E-state index in [4.69, 9.17) is 5.73 Å². The van der Waals surface area contributed by atoms with Gasteiger partial charge in [0.2, 0.25) is 0 Å². The minimum absolute atomic E-state index is 0.0962. The molecule has 1 saturated heterocycles. The second-order valence-corrected chi connectivity index (χ2v) is 7.65. The molecular formula is C15H18N2S2. The fourth-order valence-electron chi connectivity index (χ4n) is 2.66. The highest BCUT2D eigenvalue weighted by molar-refractivity contribution is 8.07. The number of aromatic nitrogens is 1. The third-order valence-corrected chi connectivity index (χ3v) is 6.88. The molecule has 3 unspecified atom stereocenters. The lowest BCUT2D eigenvalue weighted by molar-refractivity contribution is 0.668. The highest BCUT2D eigenvalue weighted by Gasteiger charge is 2.29. The zero-order chi connectivity index (χ0) is 13.2. The third-order valence-electron chi connectivity index (χ3n) is 3.66. The van der Waals surface area contributed by atoms with Crippen molar-refractivity contribution in [2.24, 2.45) is 5.73 Å². The Morgan fingerprint density at radius 3 is 2.95 bits per heavy atom. The van der Waals surface area contributed by atoms with Gasteiger partial charge >= 0.3 is 0 Å². The lowest BCUT2D eigenvalue weighted by atomic mass is 9.97. The molecule has 100 valence electrons. The van der Waals surface area contributed by atoms with Crippen LogP contribution in [0.1, 0.15) is 18.5 Å². The molecule has 1 aliphatic heterocycles. The Kier molecular flexibility index (Phi) is 4.01. The fourth-order valence-corrected chi connectivity index (χ4v) is 5.53. The monoisotopic (exact) mass is 290 g/mol. The Morgan fingerprint density at radius 2 is 2.11 bits per heavy atom. The van der Waals surface area contributed by atoms with Gasteiger partial charge in [0.1, 0.15) is 0 Å². The summed E-state index contributed by atoms with van der Waals surface area (Å²) in [5.74, 6) is 2.45. The van der Waals surface area contributed by atoms with Gasteiger partial charge in [-0.3, -0.25) is 4.98 Å². The van der Waals surface area contributed by atoms with Crippen LogP contribution in [0.2, 0.25) is 0 Å². The normalized spacial score (nSPS) is 25.4. The van der Waals surface area contributed by atoms with Crippen LogP contribution < -0.4 is 5.73 Å². The average molecular weight is 290 g/mol. The number of rotatable bonds is 2. The summed E-state index contributed by atoms with van der Waals surface area (Å²) in [6.07, 6.45) is 3.77. The summed E-state index contributed by atoms with van der Waals surface area (Å²) in [5.41, 5.74) is 7.83. The Balaban J connectivity index is 1.99. The van der Waals surface area contributed by atoms with Crippen LogP contribution in [-0.2, 0) is 0 Å². The summed E-state index contributed by atoms with van der Waals surface area (Å²) < 4.78 is 0. The van der Waals surface area contributed by atoms with Crippen LogP contribution >= 0.6 is 23.5 Å². The molecule has 2 N–H and O–H groups in total. The fraction of sp³-hybridized carbons (Fsp3) is 0.400. The number of hydrogen-bond acceptors (Lipinski definition) is 4. The molecular weight excluding hydrogens is 272 g/mol. The minimum atomic E-state index is 0.0962. The Labute approximate surface area is 122 Å². The van der Waals surface area contributed by atoms with Crippen molar-refractivity contribution < 1.29 is 0 Å². The van der Waals surface area contributed by atoms with Gasteiger partial charge in [0.25, 0.3) is 0 Å². The standard InChI is InChI=1S/C15H18N2S2/c1-10-15(19-8-7-18-10)14(16)13-4-2-3-11-9-17-6-5-12(11)13/h2-6,9-10,14-15H,7-8,16H2,1H3. The predicted molar refractivity (Wildman–Crippen MR) is 86.8 cm³/mol. The summed E-state index contributed by atoms with van der Waals surface area (Å²) in [6.45, 7) is 2.30. The van der Waals surface area contributed by atoms with E-state index < -0.39 is 0 Å². The number of pyridine rings is 1. The van der Waals surface area contributed by atoms with Crippen molar-refractivity contribution in [1.29, 1.82) is 0 Å². The average Bonchev–Trinajstić information content (AvgIpc) is 2.46. The SMILES string of the molecule is CC1SCCSC1C(N)c1cccc2cnccc12. The van der Waals surface area contributed by atoms with Crippen LogP contribution in [0.4, 0.5) is 0 Å². The zero-order valence-electron chi connectivity index (χ0n) is 11.0. The first-order valence-corrected chi connectivity index (χ1v) is 8.68. The lowest BCUT2D eigenvalue weighted by Gasteiger charge is -2.33. The van der Waals surface area contributed by atoms with Crippen molar-refractivity contribution in [3.8, 4) is 0 Å². The molecule has 1 aromatic carbocycles. The second-order valence-electron chi connectivity index (χ2n) is 4.88. The van der Waals surface area contributed by atoms with Crippen molar-refractivity contribution in [2.75, 3.05) is 11.5 Å². The number of hydrogen-bond donors (Lipinski definition) is 1. The summed E-state index contributed by atoms with van der Waals surface area (Å²) in [4.78, 5) is 4.19. The molecule has 1 aliphatic rings. The van der Waals surface area contributed by atoms with Gasteiger partial charge in [-0.05, 0) is 17.0 Å². The summed E-state index contributed by atoms with van der Waals surface area (Å²) in [5, 5.41) is 3.54. The van der Waals surface area contributed by atoms with Crippen LogP contribution in [0, 0.1) is 0 Å². The molecule has 0 spiro atoms. The molecule has 2 heterocycles. The van der Waals surface area contributed by atoms with Crippen molar-refractivity contribution >= 4 is 34.3 Å². The first kappa shape index (κ1) is 13.3. The lowest BCUT2D eigenvalue weighted by Crippen LogP contribution is -2.34. The van der Waals surface area contributed by atoms with Gasteiger partial charge in [0.05, 0.1) is 0 Å². The van der Waals surface area contributed by atoms with Gasteiger partial charge in [0.15, 0.2) is 0 Å². The zero-order valence-corrected chi connectivity index (χ0v) is 12.6. The third kappa shape index (κ3) is 2.62. The first-order valence-electron chi connectivity index (χ1n) is 6.59. The largest absolute Gasteiger partial charge is 0.323 e. The summed E-state index contributed by atoms with van der Waals surface area (Å²) in [7, 11) is 0. The smallest absolute Gasteiger partial charge is 0.0432 e. The number of fused-ring (bicyclic) bond motifs is 1. The van der Waals surface area contributed by atoms with Gasteiger partial charge < -0.3 is 5.73 Å². The van der Waals surface area contributed by atoms with E-state index >= 15 is 0 Å². The van der Waals surface area contributed by atoms with Gasteiger partial charge in [-0.25, -0.2) is 0 Å². The van der Waals surface area contributed by atoms with Gasteiger partial charge in [0, 0.05) is 45.8 Å². The molecule has 1 fully saturated rings. The predicted octanol–water partition coefficient (Wildman–Crippen LogP) is 3.47. The number of benzene rings is 1. The van der Waals surface area contributed by atoms with Crippen LogP contribution in [0.5, 0.6) is 0 Å².